The fourth-order valence-electron chi connectivity index (χ4n) is 0.857. The summed E-state index contributed by atoms with van der Waals surface area (Å²) < 4.78 is 25.6. The predicted octanol–water partition coefficient (Wildman–Crippen LogP) is 1.45. The van der Waals surface area contributed by atoms with Gasteiger partial charge >= 0.3 is 11.9 Å². The summed E-state index contributed by atoms with van der Waals surface area (Å²) in [5, 5.41) is 8.19. The van der Waals surface area contributed by atoms with Gasteiger partial charge in [0, 0.05) is 11.3 Å². The number of nitrogen functional groups attached to an aromatic ring is 1. The molecule has 5 heteroatoms. The Kier molecular flexibility index (Phi) is 2.18. The van der Waals surface area contributed by atoms with Crippen molar-refractivity contribution in [2.45, 2.75) is 5.92 Å². The van der Waals surface area contributed by atoms with Gasteiger partial charge in [-0.1, -0.05) is 12.1 Å². The molecule has 70 valence electrons. The Morgan fingerprint density at radius 1 is 1.46 bits per heavy atom. The third-order valence-corrected chi connectivity index (χ3v) is 1.52. The second kappa shape index (κ2) is 3.01. The molecule has 0 spiro atoms. The average Bonchev–Trinajstić information content (AvgIpc) is 2.04. The highest BCUT2D eigenvalue weighted by Crippen LogP contribution is 2.28. The molecule has 0 saturated heterocycles. The molecular weight excluding hydrogens is 180 g/mol. The number of alkyl halides is 2. The zero-order valence-corrected chi connectivity index (χ0v) is 6.50. The molecule has 0 radical (unpaired) electrons. The van der Waals surface area contributed by atoms with Gasteiger partial charge in [-0.05, 0) is 12.1 Å². The van der Waals surface area contributed by atoms with Crippen LogP contribution in [0.25, 0.3) is 0 Å². The van der Waals surface area contributed by atoms with Crippen molar-refractivity contribution in [1.29, 1.82) is 0 Å². The van der Waals surface area contributed by atoms with Crippen LogP contribution in [0, 0.1) is 0 Å². The zero-order chi connectivity index (χ0) is 10.1. The van der Waals surface area contributed by atoms with Gasteiger partial charge in [-0.2, -0.15) is 8.78 Å². The third-order valence-electron chi connectivity index (χ3n) is 1.52. The van der Waals surface area contributed by atoms with Crippen molar-refractivity contribution < 1.29 is 18.7 Å². The molecule has 3 nitrogen and oxygen atoms in total. The first-order chi connectivity index (χ1) is 5.94. The largest absolute Gasteiger partial charge is 0.477 e. The van der Waals surface area contributed by atoms with E-state index < -0.39 is 17.5 Å². The van der Waals surface area contributed by atoms with Gasteiger partial charge in [-0.15, -0.1) is 0 Å². The molecular formula is C8H7F2NO2. The summed E-state index contributed by atoms with van der Waals surface area (Å²) in [6, 6.07) is 4.64. The number of rotatable bonds is 2. The van der Waals surface area contributed by atoms with E-state index in [0.29, 0.717) is 0 Å². The first-order valence-corrected chi connectivity index (χ1v) is 3.42. The maximum atomic E-state index is 12.8. The molecule has 0 fully saturated rings. The van der Waals surface area contributed by atoms with Crippen LogP contribution in [0.1, 0.15) is 5.56 Å². The Hall–Kier alpha value is -1.65. The van der Waals surface area contributed by atoms with Gasteiger partial charge in [0.15, 0.2) is 0 Å². The summed E-state index contributed by atoms with van der Waals surface area (Å²) in [7, 11) is 0. The highest BCUT2D eigenvalue weighted by molar-refractivity contribution is 5.77. The zero-order valence-electron chi connectivity index (χ0n) is 6.50. The van der Waals surface area contributed by atoms with Gasteiger partial charge in [0.2, 0.25) is 0 Å². The second-order valence-electron chi connectivity index (χ2n) is 2.51. The Balaban J connectivity index is 3.14. The van der Waals surface area contributed by atoms with Crippen molar-refractivity contribution in [3.05, 3.63) is 29.8 Å². The van der Waals surface area contributed by atoms with Crippen molar-refractivity contribution in [1.82, 2.24) is 0 Å². The number of benzene rings is 1. The van der Waals surface area contributed by atoms with Crippen molar-refractivity contribution in [2.24, 2.45) is 0 Å². The number of nitrogens with two attached hydrogens (primary N) is 1. The van der Waals surface area contributed by atoms with Gasteiger partial charge in [0.05, 0.1) is 0 Å². The lowest BCUT2D eigenvalue weighted by Gasteiger charge is -2.11. The second-order valence-corrected chi connectivity index (χ2v) is 2.51. The van der Waals surface area contributed by atoms with Gasteiger partial charge in [0.1, 0.15) is 0 Å². The third kappa shape index (κ3) is 1.74. The number of halogens is 2. The number of aliphatic carboxylic acids is 1. The van der Waals surface area contributed by atoms with Crippen LogP contribution in [0.3, 0.4) is 0 Å². The molecule has 13 heavy (non-hydrogen) atoms. The summed E-state index contributed by atoms with van der Waals surface area (Å²) in [6.07, 6.45) is 0. The molecule has 1 aromatic carbocycles. The van der Waals surface area contributed by atoms with Gasteiger partial charge in [-0.25, -0.2) is 4.79 Å². The molecule has 0 amide bonds. The van der Waals surface area contributed by atoms with Crippen LogP contribution in [-0.4, -0.2) is 11.1 Å². The molecule has 0 aliphatic carbocycles. The Morgan fingerprint density at radius 2 is 2.08 bits per heavy atom. The monoisotopic (exact) mass is 187 g/mol. The number of carboxylic acids is 1. The molecule has 0 heterocycles. The topological polar surface area (TPSA) is 63.3 Å². The average molecular weight is 187 g/mol. The molecule has 1 aromatic rings. The maximum Gasteiger partial charge on any atom is 0.379 e. The van der Waals surface area contributed by atoms with Crippen LogP contribution >= 0.6 is 0 Å². The Morgan fingerprint density at radius 3 is 2.54 bits per heavy atom. The first-order valence-electron chi connectivity index (χ1n) is 3.42. The van der Waals surface area contributed by atoms with E-state index in [1.54, 1.807) is 0 Å². The fourth-order valence-corrected chi connectivity index (χ4v) is 0.857. The van der Waals surface area contributed by atoms with Gasteiger partial charge in [0.25, 0.3) is 0 Å². The predicted molar refractivity (Wildman–Crippen MR) is 42.4 cm³/mol. The van der Waals surface area contributed by atoms with Crippen molar-refractivity contribution in [3.8, 4) is 0 Å². The van der Waals surface area contributed by atoms with E-state index in [4.69, 9.17) is 10.8 Å². The number of hydrogen-bond donors (Lipinski definition) is 2. The molecule has 0 bridgehead atoms. The van der Waals surface area contributed by atoms with E-state index in [2.05, 4.69) is 0 Å². The number of carboxylic acid groups (broad SMARTS) is 1. The standard InChI is InChI=1S/C8H7F2NO2/c9-8(10,7(12)13)5-2-1-3-6(11)4-5/h1-4H,11H2,(H,12,13). The van der Waals surface area contributed by atoms with Crippen molar-refractivity contribution in [3.63, 3.8) is 0 Å². The highest BCUT2D eigenvalue weighted by atomic mass is 19.3. The number of hydrogen-bond acceptors (Lipinski definition) is 2. The lowest BCUT2D eigenvalue weighted by Crippen LogP contribution is -2.25. The van der Waals surface area contributed by atoms with Crippen LogP contribution in [-0.2, 0) is 10.7 Å². The summed E-state index contributed by atoms with van der Waals surface area (Å²) in [6.45, 7) is 0. The van der Waals surface area contributed by atoms with Crippen LogP contribution < -0.4 is 5.73 Å². The first kappa shape index (κ1) is 9.44. The van der Waals surface area contributed by atoms with E-state index in [1.165, 1.54) is 12.1 Å². The molecule has 0 aromatic heterocycles. The van der Waals surface area contributed by atoms with Crippen molar-refractivity contribution in [2.75, 3.05) is 5.73 Å². The van der Waals surface area contributed by atoms with Crippen LogP contribution in [0.2, 0.25) is 0 Å². The number of anilines is 1. The van der Waals surface area contributed by atoms with Crippen molar-refractivity contribution >= 4 is 11.7 Å². The summed E-state index contributed by atoms with van der Waals surface area (Å²) in [5.41, 5.74) is 4.73. The van der Waals surface area contributed by atoms with E-state index in [-0.39, 0.29) is 5.69 Å². The quantitative estimate of drug-likeness (QED) is 0.688. The Labute approximate surface area is 72.8 Å². The molecule has 0 unspecified atom stereocenters. The van der Waals surface area contributed by atoms with Crippen LogP contribution in [0.5, 0.6) is 0 Å². The Bertz CT molecular complexity index is 339. The molecule has 0 aliphatic rings. The van der Waals surface area contributed by atoms with E-state index >= 15 is 0 Å². The molecule has 0 aliphatic heterocycles. The minimum Gasteiger partial charge on any atom is -0.477 e. The normalized spacial score (nSPS) is 11.2. The van der Waals surface area contributed by atoms with Gasteiger partial charge in [-0.3, -0.25) is 0 Å². The molecule has 3 N–H and O–H groups in total. The lowest BCUT2D eigenvalue weighted by atomic mass is 10.1. The van der Waals surface area contributed by atoms with E-state index in [1.807, 2.05) is 0 Å². The smallest absolute Gasteiger partial charge is 0.379 e. The highest BCUT2D eigenvalue weighted by Gasteiger charge is 2.40. The minimum atomic E-state index is -3.88. The SMILES string of the molecule is Nc1cccc(C(F)(F)C(=O)O)c1. The minimum absolute atomic E-state index is 0.110. The summed E-state index contributed by atoms with van der Waals surface area (Å²) >= 11 is 0. The number of carbonyl (C=O) groups is 1. The van der Waals surface area contributed by atoms with E-state index in [9.17, 15) is 13.6 Å². The van der Waals surface area contributed by atoms with Crippen LogP contribution in [0.4, 0.5) is 14.5 Å². The molecule has 0 atom stereocenters. The summed E-state index contributed by atoms with van der Waals surface area (Å²) in [5.74, 6) is -6.06. The lowest BCUT2D eigenvalue weighted by molar-refractivity contribution is -0.166. The summed E-state index contributed by atoms with van der Waals surface area (Å²) in [4.78, 5) is 10.1. The molecule has 1 rings (SSSR count). The fraction of sp³-hybridized carbons (Fsp3) is 0.125. The van der Waals surface area contributed by atoms with Gasteiger partial charge < -0.3 is 10.8 Å². The van der Waals surface area contributed by atoms with Crippen LogP contribution in [0.15, 0.2) is 24.3 Å². The maximum absolute atomic E-state index is 12.8. The van der Waals surface area contributed by atoms with E-state index in [0.717, 1.165) is 12.1 Å². The molecule has 0 saturated carbocycles.